The maximum absolute atomic E-state index is 9.82. The van der Waals surface area contributed by atoms with Gasteiger partial charge in [-0.05, 0) is 17.1 Å². The Balaban J connectivity index is 1.96. The second-order valence-electron chi connectivity index (χ2n) is 6.59. The molecule has 0 N–H and O–H groups in total. The van der Waals surface area contributed by atoms with E-state index >= 15 is 0 Å². The molecule has 1 fully saturated rings. The molecule has 0 heterocycles. The molecule has 4 nitrogen and oxygen atoms in total. The quantitative estimate of drug-likeness (QED) is 0.744. The van der Waals surface area contributed by atoms with Crippen molar-refractivity contribution < 1.29 is 0 Å². The van der Waals surface area contributed by atoms with E-state index in [9.17, 15) is 21.0 Å². The van der Waals surface area contributed by atoms with Crippen molar-refractivity contribution in [1.82, 2.24) is 0 Å². The monoisotopic (exact) mass is 308 g/mol. The Morgan fingerprint density at radius 3 is 1.92 bits per heavy atom. The molecule has 0 radical (unpaired) electrons. The summed E-state index contributed by atoms with van der Waals surface area (Å²) in [4.78, 5) is 0. The number of allylic oxidation sites excluding steroid dienone is 4. The van der Waals surface area contributed by atoms with Gasteiger partial charge in [-0.2, -0.15) is 21.0 Å². The van der Waals surface area contributed by atoms with Gasteiger partial charge in [-0.1, -0.05) is 48.6 Å². The molecule has 0 bridgehead atoms. The topological polar surface area (TPSA) is 95.2 Å². The Kier molecular flexibility index (Phi) is 2.72. The number of benzene rings is 1. The third-order valence-electron chi connectivity index (χ3n) is 5.92. The maximum atomic E-state index is 9.82. The van der Waals surface area contributed by atoms with Crippen LogP contribution < -0.4 is 0 Å². The van der Waals surface area contributed by atoms with Gasteiger partial charge in [0.1, 0.15) is 0 Å². The van der Waals surface area contributed by atoms with Crippen molar-refractivity contribution in [2.75, 3.05) is 0 Å². The summed E-state index contributed by atoms with van der Waals surface area (Å²) in [6.45, 7) is 0. The molecule has 0 aromatic heterocycles. The summed E-state index contributed by atoms with van der Waals surface area (Å²) in [5.41, 5.74) is -1.10. The molecule has 1 aromatic carbocycles. The summed E-state index contributed by atoms with van der Waals surface area (Å²) in [7, 11) is 0. The van der Waals surface area contributed by atoms with Gasteiger partial charge < -0.3 is 0 Å². The molecule has 0 unspecified atom stereocenters. The van der Waals surface area contributed by atoms with Crippen molar-refractivity contribution in [3.05, 3.63) is 54.1 Å². The van der Waals surface area contributed by atoms with E-state index < -0.39 is 16.7 Å². The Labute approximate surface area is 140 Å². The molecule has 3 aliphatic carbocycles. The normalized spacial score (nSPS) is 32.8. The average molecular weight is 308 g/mol. The van der Waals surface area contributed by atoms with Crippen LogP contribution in [0.5, 0.6) is 0 Å². The first kappa shape index (κ1) is 14.3. The van der Waals surface area contributed by atoms with Gasteiger partial charge in [0, 0.05) is 17.8 Å². The third-order valence-corrected chi connectivity index (χ3v) is 5.92. The second kappa shape index (κ2) is 4.58. The van der Waals surface area contributed by atoms with Crippen LogP contribution in [-0.4, -0.2) is 0 Å². The molecular weight excluding hydrogens is 296 g/mol. The van der Waals surface area contributed by atoms with Crippen molar-refractivity contribution in [3.63, 3.8) is 0 Å². The minimum Gasteiger partial charge on any atom is -0.196 e. The van der Waals surface area contributed by atoms with Gasteiger partial charge in [0.05, 0.1) is 24.3 Å². The first-order valence-electron chi connectivity index (χ1n) is 7.79. The lowest BCUT2D eigenvalue weighted by atomic mass is 9.63. The van der Waals surface area contributed by atoms with Crippen LogP contribution in [0.4, 0.5) is 0 Å². The Morgan fingerprint density at radius 2 is 1.33 bits per heavy atom. The van der Waals surface area contributed by atoms with Gasteiger partial charge >= 0.3 is 0 Å². The van der Waals surface area contributed by atoms with Crippen LogP contribution in [0.1, 0.15) is 5.56 Å². The van der Waals surface area contributed by atoms with Crippen LogP contribution in [0.2, 0.25) is 0 Å². The summed E-state index contributed by atoms with van der Waals surface area (Å²) >= 11 is 0. The zero-order valence-electron chi connectivity index (χ0n) is 12.7. The van der Waals surface area contributed by atoms with Crippen molar-refractivity contribution in [3.8, 4) is 24.3 Å². The lowest BCUT2D eigenvalue weighted by Crippen LogP contribution is -2.39. The number of nitrogens with zero attached hydrogens (tertiary/aromatic N) is 4. The minimum atomic E-state index is -1.63. The largest absolute Gasteiger partial charge is 0.196 e. The highest BCUT2D eigenvalue weighted by Crippen LogP contribution is 2.70. The Hall–Kier alpha value is -3.34. The van der Waals surface area contributed by atoms with Gasteiger partial charge in [0.25, 0.3) is 0 Å². The zero-order chi connectivity index (χ0) is 16.9. The van der Waals surface area contributed by atoms with Gasteiger partial charge in [-0.25, -0.2) is 0 Å². The molecule has 0 amide bonds. The van der Waals surface area contributed by atoms with Crippen LogP contribution in [0.15, 0.2) is 48.6 Å². The van der Waals surface area contributed by atoms with Crippen LogP contribution in [0.3, 0.4) is 0 Å². The molecule has 0 spiro atoms. The van der Waals surface area contributed by atoms with E-state index in [4.69, 9.17) is 0 Å². The van der Waals surface area contributed by atoms with Gasteiger partial charge in [0.2, 0.25) is 0 Å². The Morgan fingerprint density at radius 1 is 0.750 bits per heavy atom. The molecular formula is C20H12N4. The highest BCUT2D eigenvalue weighted by molar-refractivity contribution is 5.74. The summed E-state index contributed by atoms with van der Waals surface area (Å²) in [6.07, 6.45) is 5.88. The number of rotatable bonds is 1. The molecule has 0 saturated heterocycles. The van der Waals surface area contributed by atoms with E-state index in [0.29, 0.717) is 0 Å². The average Bonchev–Trinajstić information content (AvgIpc) is 3.28. The van der Waals surface area contributed by atoms with Crippen molar-refractivity contribution in [2.45, 2.75) is 0 Å². The predicted octanol–water partition coefficient (Wildman–Crippen LogP) is 3.20. The molecule has 112 valence electrons. The summed E-state index contributed by atoms with van der Waals surface area (Å²) in [6, 6.07) is 18.1. The minimum absolute atomic E-state index is 0.0482. The molecule has 1 aromatic rings. The van der Waals surface area contributed by atoms with Crippen LogP contribution in [0, 0.1) is 79.8 Å². The fraction of sp³-hybridized carbons (Fsp3) is 0.300. The molecule has 3 aliphatic rings. The van der Waals surface area contributed by atoms with E-state index in [-0.39, 0.29) is 17.8 Å². The van der Waals surface area contributed by atoms with Crippen LogP contribution >= 0.6 is 0 Å². The molecule has 1 saturated carbocycles. The molecule has 4 rings (SSSR count). The van der Waals surface area contributed by atoms with E-state index in [1.165, 1.54) is 0 Å². The molecule has 4 heteroatoms. The van der Waals surface area contributed by atoms with E-state index in [1.807, 2.05) is 60.7 Å². The van der Waals surface area contributed by atoms with Crippen molar-refractivity contribution >= 4 is 5.57 Å². The number of nitriles is 4. The van der Waals surface area contributed by atoms with Crippen molar-refractivity contribution in [1.29, 1.82) is 21.0 Å². The SMILES string of the molecule is N#CC1(C#N)[C@@H]2C=C(c3ccccc3)[C@H]3C=C[C@@H]([C@H]32)C1(C#N)C#N. The fourth-order valence-electron chi connectivity index (χ4n) is 4.89. The maximum Gasteiger partial charge on any atom is 0.182 e. The van der Waals surface area contributed by atoms with E-state index in [0.717, 1.165) is 11.1 Å². The van der Waals surface area contributed by atoms with E-state index in [1.54, 1.807) is 0 Å². The number of hydrogen-bond acceptors (Lipinski definition) is 4. The van der Waals surface area contributed by atoms with Gasteiger partial charge in [-0.3, -0.25) is 0 Å². The van der Waals surface area contributed by atoms with Crippen LogP contribution in [-0.2, 0) is 0 Å². The fourth-order valence-corrected chi connectivity index (χ4v) is 4.89. The lowest BCUT2D eigenvalue weighted by Gasteiger charge is -2.28. The van der Waals surface area contributed by atoms with Crippen molar-refractivity contribution in [2.24, 2.45) is 34.5 Å². The smallest absolute Gasteiger partial charge is 0.182 e. The van der Waals surface area contributed by atoms with E-state index in [2.05, 4.69) is 12.1 Å². The number of hydrogen-bond donors (Lipinski definition) is 0. The first-order valence-corrected chi connectivity index (χ1v) is 7.79. The predicted molar refractivity (Wildman–Crippen MR) is 84.8 cm³/mol. The summed E-state index contributed by atoms with van der Waals surface area (Å²) < 4.78 is 0. The van der Waals surface area contributed by atoms with Gasteiger partial charge in [0.15, 0.2) is 10.8 Å². The molecule has 0 aliphatic heterocycles. The second-order valence-corrected chi connectivity index (χ2v) is 6.59. The lowest BCUT2D eigenvalue weighted by molar-refractivity contribution is 0.291. The highest BCUT2D eigenvalue weighted by atomic mass is 14.7. The van der Waals surface area contributed by atoms with Crippen LogP contribution in [0.25, 0.3) is 5.57 Å². The summed E-state index contributed by atoms with van der Waals surface area (Å²) in [5, 5.41) is 39.1. The standard InChI is InChI=1S/C20H12N4/c21-9-19(10-22)16-7-6-14-15(13-4-2-1-3-5-13)8-17(18(14)16)20(19,11-23)12-24/h1-8,14,16-18H/t14-,16+,17-,18+/m1/s1. The molecule has 24 heavy (non-hydrogen) atoms. The highest BCUT2D eigenvalue weighted by Gasteiger charge is 2.74. The Bertz CT molecular complexity index is 915. The third kappa shape index (κ3) is 1.31. The summed E-state index contributed by atoms with van der Waals surface area (Å²) in [5.74, 6) is -0.822. The zero-order valence-corrected chi connectivity index (χ0v) is 12.7. The first-order chi connectivity index (χ1) is 11.7. The van der Waals surface area contributed by atoms with Gasteiger partial charge in [-0.15, -0.1) is 0 Å². The molecule has 4 atom stereocenters.